The molecule has 0 aliphatic carbocycles. The van der Waals surface area contributed by atoms with E-state index >= 15 is 0 Å². The van der Waals surface area contributed by atoms with Crippen molar-refractivity contribution in [2.75, 3.05) is 6.61 Å². The van der Waals surface area contributed by atoms with Crippen LogP contribution in [-0.2, 0) is 16.1 Å². The van der Waals surface area contributed by atoms with Crippen LogP contribution in [0, 0.1) is 6.92 Å². The zero-order valence-corrected chi connectivity index (χ0v) is 16.7. The van der Waals surface area contributed by atoms with Gasteiger partial charge in [0.2, 0.25) is 0 Å². The monoisotopic (exact) mass is 408 g/mol. The van der Waals surface area contributed by atoms with Crippen LogP contribution >= 0.6 is 0 Å². The van der Waals surface area contributed by atoms with E-state index in [-0.39, 0.29) is 13.0 Å². The highest BCUT2D eigenvalue weighted by Crippen LogP contribution is 2.29. The summed E-state index contributed by atoms with van der Waals surface area (Å²) < 4.78 is 13.0. The number of aromatic amines is 1. The topological polar surface area (TPSA) is 93.6 Å². The largest absolute Gasteiger partial charge is 0.390 e. The van der Waals surface area contributed by atoms with E-state index in [0.29, 0.717) is 12.2 Å². The Hall–Kier alpha value is -3.00. The Bertz CT molecular complexity index is 1120. The molecule has 7 heteroatoms. The van der Waals surface area contributed by atoms with Crippen LogP contribution in [-0.4, -0.2) is 33.5 Å². The van der Waals surface area contributed by atoms with Gasteiger partial charge in [0.05, 0.1) is 19.3 Å². The second-order valence-electron chi connectivity index (χ2n) is 7.45. The van der Waals surface area contributed by atoms with Crippen LogP contribution in [0.2, 0.25) is 0 Å². The summed E-state index contributed by atoms with van der Waals surface area (Å²) in [6.45, 7) is 2.18. The van der Waals surface area contributed by atoms with E-state index in [1.54, 1.807) is 6.92 Å². The first-order chi connectivity index (χ1) is 14.5. The Labute approximate surface area is 173 Å². The molecule has 3 atom stereocenters. The smallest absolute Gasteiger partial charge is 0.330 e. The van der Waals surface area contributed by atoms with E-state index in [1.807, 2.05) is 36.4 Å². The van der Waals surface area contributed by atoms with Gasteiger partial charge in [-0.2, -0.15) is 0 Å². The van der Waals surface area contributed by atoms with Gasteiger partial charge < -0.3 is 14.6 Å². The average Bonchev–Trinajstić information content (AvgIpc) is 3.12. The summed E-state index contributed by atoms with van der Waals surface area (Å²) in [7, 11) is 0. The van der Waals surface area contributed by atoms with Crippen molar-refractivity contribution < 1.29 is 14.6 Å². The van der Waals surface area contributed by atoms with Gasteiger partial charge in [-0.25, -0.2) is 4.79 Å². The summed E-state index contributed by atoms with van der Waals surface area (Å²) in [6.07, 6.45) is -0.262. The lowest BCUT2D eigenvalue weighted by Crippen LogP contribution is -2.33. The number of ether oxygens (including phenoxy) is 2. The molecule has 4 rings (SSSR count). The Morgan fingerprint density at radius 3 is 2.67 bits per heavy atom. The molecule has 2 heterocycles. The number of nitrogens with one attached hydrogen (secondary N) is 1. The Morgan fingerprint density at radius 2 is 1.87 bits per heavy atom. The molecule has 1 saturated heterocycles. The number of aliphatic hydroxyl groups is 1. The van der Waals surface area contributed by atoms with Gasteiger partial charge in [-0.1, -0.05) is 54.6 Å². The van der Waals surface area contributed by atoms with Gasteiger partial charge in [0.25, 0.3) is 5.56 Å². The molecule has 7 nitrogen and oxygen atoms in total. The van der Waals surface area contributed by atoms with Gasteiger partial charge in [0, 0.05) is 18.2 Å². The number of aliphatic hydroxyl groups excluding tert-OH is 1. The molecule has 2 aromatic carbocycles. The van der Waals surface area contributed by atoms with Gasteiger partial charge in [-0.15, -0.1) is 0 Å². The van der Waals surface area contributed by atoms with Crippen LogP contribution < -0.4 is 11.2 Å². The minimum absolute atomic E-state index is 0.192. The molecule has 1 aliphatic heterocycles. The quantitative estimate of drug-likeness (QED) is 0.653. The number of aromatic nitrogens is 2. The predicted molar refractivity (Wildman–Crippen MR) is 112 cm³/mol. The minimum Gasteiger partial charge on any atom is -0.390 e. The standard InChI is InChI=1S/C23H24N2O5/c1-15-12-25(23(28)24-22(15)27)21-11-19(26)20(30-21)14-29-13-17-9-5-6-10-18(17)16-7-3-2-4-8-16/h2-10,12,19-21,26H,11,13-14H2,1H3,(H,24,27,28)/t19?,20-,21-/m1/s1. The van der Waals surface area contributed by atoms with Crippen LogP contribution in [0.15, 0.2) is 70.4 Å². The summed E-state index contributed by atoms with van der Waals surface area (Å²) in [4.78, 5) is 25.9. The summed E-state index contributed by atoms with van der Waals surface area (Å²) in [5.74, 6) is 0. The van der Waals surface area contributed by atoms with Crippen LogP contribution in [0.3, 0.4) is 0 Å². The first kappa shape index (κ1) is 20.3. The first-order valence-corrected chi connectivity index (χ1v) is 9.89. The lowest BCUT2D eigenvalue weighted by atomic mass is 10.0. The number of rotatable bonds is 6. The molecule has 0 spiro atoms. The highest BCUT2D eigenvalue weighted by Gasteiger charge is 2.35. The molecule has 30 heavy (non-hydrogen) atoms. The molecule has 156 valence electrons. The molecule has 0 saturated carbocycles. The van der Waals surface area contributed by atoms with Gasteiger partial charge in [-0.05, 0) is 23.6 Å². The number of benzene rings is 2. The van der Waals surface area contributed by atoms with Crippen LogP contribution in [0.4, 0.5) is 0 Å². The van der Waals surface area contributed by atoms with E-state index in [0.717, 1.165) is 16.7 Å². The van der Waals surface area contributed by atoms with Crippen LogP contribution in [0.5, 0.6) is 0 Å². The summed E-state index contributed by atoms with van der Waals surface area (Å²) >= 11 is 0. The average molecular weight is 408 g/mol. The third-order valence-electron chi connectivity index (χ3n) is 5.30. The fourth-order valence-electron chi connectivity index (χ4n) is 3.67. The molecular weight excluding hydrogens is 384 g/mol. The second kappa shape index (κ2) is 8.79. The molecular formula is C23H24N2O5. The summed E-state index contributed by atoms with van der Waals surface area (Å²) in [5, 5.41) is 10.4. The van der Waals surface area contributed by atoms with Crippen molar-refractivity contribution >= 4 is 0 Å². The van der Waals surface area contributed by atoms with Gasteiger partial charge in [0.1, 0.15) is 12.3 Å². The zero-order chi connectivity index (χ0) is 21.1. The van der Waals surface area contributed by atoms with Crippen LogP contribution in [0.25, 0.3) is 11.1 Å². The highest BCUT2D eigenvalue weighted by atomic mass is 16.6. The zero-order valence-electron chi connectivity index (χ0n) is 16.7. The van der Waals surface area contributed by atoms with Gasteiger partial charge >= 0.3 is 5.69 Å². The maximum Gasteiger partial charge on any atom is 0.330 e. The fraction of sp³-hybridized carbons (Fsp3) is 0.304. The molecule has 1 aromatic heterocycles. The molecule has 1 aliphatic rings. The number of H-pyrrole nitrogens is 1. The van der Waals surface area contributed by atoms with E-state index in [9.17, 15) is 14.7 Å². The van der Waals surface area contributed by atoms with E-state index in [2.05, 4.69) is 23.2 Å². The van der Waals surface area contributed by atoms with Crippen molar-refractivity contribution in [1.29, 1.82) is 0 Å². The number of hydrogen-bond acceptors (Lipinski definition) is 5. The molecule has 0 radical (unpaired) electrons. The maximum absolute atomic E-state index is 12.1. The molecule has 1 unspecified atom stereocenters. The molecule has 2 N–H and O–H groups in total. The SMILES string of the molecule is Cc1cn([C@H]2CC(O)[C@@H](COCc3ccccc3-c3ccccc3)O2)c(=O)[nH]c1=O. The lowest BCUT2D eigenvalue weighted by Gasteiger charge is -2.17. The normalized spacial score (nSPS) is 21.1. The lowest BCUT2D eigenvalue weighted by molar-refractivity contribution is -0.0667. The van der Waals surface area contributed by atoms with E-state index < -0.39 is 29.7 Å². The van der Waals surface area contributed by atoms with Crippen molar-refractivity contribution in [3.8, 4) is 11.1 Å². The Kier molecular flexibility index (Phi) is 5.94. The van der Waals surface area contributed by atoms with E-state index in [1.165, 1.54) is 10.8 Å². The van der Waals surface area contributed by atoms with Crippen molar-refractivity contribution in [2.24, 2.45) is 0 Å². The third kappa shape index (κ3) is 4.28. The Morgan fingerprint density at radius 1 is 1.13 bits per heavy atom. The first-order valence-electron chi connectivity index (χ1n) is 9.89. The summed E-state index contributed by atoms with van der Waals surface area (Å²) in [6, 6.07) is 18.1. The van der Waals surface area contributed by atoms with E-state index in [4.69, 9.17) is 9.47 Å². The van der Waals surface area contributed by atoms with Crippen molar-refractivity contribution in [3.63, 3.8) is 0 Å². The highest BCUT2D eigenvalue weighted by molar-refractivity contribution is 5.67. The Balaban J connectivity index is 1.41. The fourth-order valence-corrected chi connectivity index (χ4v) is 3.67. The third-order valence-corrected chi connectivity index (χ3v) is 5.30. The van der Waals surface area contributed by atoms with Crippen molar-refractivity contribution in [3.05, 3.63) is 92.8 Å². The number of nitrogens with zero attached hydrogens (tertiary/aromatic N) is 1. The van der Waals surface area contributed by atoms with Gasteiger partial charge in [0.15, 0.2) is 0 Å². The molecule has 3 aromatic rings. The summed E-state index contributed by atoms with van der Waals surface area (Å²) in [5.41, 5.74) is 2.68. The number of hydrogen-bond donors (Lipinski definition) is 2. The number of aryl methyl sites for hydroxylation is 1. The van der Waals surface area contributed by atoms with Crippen LogP contribution in [0.1, 0.15) is 23.8 Å². The molecule has 0 bridgehead atoms. The second-order valence-corrected chi connectivity index (χ2v) is 7.45. The van der Waals surface area contributed by atoms with Crippen molar-refractivity contribution in [1.82, 2.24) is 9.55 Å². The minimum atomic E-state index is -0.765. The van der Waals surface area contributed by atoms with Gasteiger partial charge in [-0.3, -0.25) is 14.3 Å². The predicted octanol–water partition coefficient (Wildman–Crippen LogP) is 2.38. The van der Waals surface area contributed by atoms with Crippen molar-refractivity contribution in [2.45, 2.75) is 38.4 Å². The maximum atomic E-state index is 12.1. The molecule has 0 amide bonds. The molecule has 1 fully saturated rings.